The van der Waals surface area contributed by atoms with Crippen LogP contribution in [0.25, 0.3) is 11.3 Å². The SMILES string of the molecule is Nc1cc(F)ccc1SCc1cc(-c2ccccc2)on1. The molecule has 0 fully saturated rings. The van der Waals surface area contributed by atoms with Crippen LogP contribution in [0.4, 0.5) is 10.1 Å². The molecule has 5 heteroatoms. The third-order valence-corrected chi connectivity index (χ3v) is 4.09. The second-order valence-corrected chi connectivity index (χ2v) is 5.54. The fraction of sp³-hybridized carbons (Fsp3) is 0.0625. The van der Waals surface area contributed by atoms with E-state index in [9.17, 15) is 4.39 Å². The average Bonchev–Trinajstić information content (AvgIpc) is 2.96. The zero-order chi connectivity index (χ0) is 14.7. The first-order valence-corrected chi connectivity index (χ1v) is 7.40. The topological polar surface area (TPSA) is 52.0 Å². The number of rotatable bonds is 4. The van der Waals surface area contributed by atoms with Gasteiger partial charge in [-0.05, 0) is 18.2 Å². The summed E-state index contributed by atoms with van der Waals surface area (Å²) in [5, 5.41) is 4.04. The first-order chi connectivity index (χ1) is 10.2. The molecule has 3 rings (SSSR count). The van der Waals surface area contributed by atoms with Gasteiger partial charge in [0.15, 0.2) is 5.76 Å². The lowest BCUT2D eigenvalue weighted by Gasteiger charge is -2.03. The van der Waals surface area contributed by atoms with Crippen LogP contribution in [-0.4, -0.2) is 5.16 Å². The second-order valence-electron chi connectivity index (χ2n) is 4.52. The van der Waals surface area contributed by atoms with Crippen molar-refractivity contribution >= 4 is 17.4 Å². The van der Waals surface area contributed by atoms with E-state index in [0.717, 1.165) is 21.9 Å². The molecular weight excluding hydrogens is 287 g/mol. The van der Waals surface area contributed by atoms with Crippen molar-refractivity contribution in [1.82, 2.24) is 5.16 Å². The molecule has 1 aromatic heterocycles. The number of aromatic nitrogens is 1. The van der Waals surface area contributed by atoms with Crippen LogP contribution in [0.3, 0.4) is 0 Å². The largest absolute Gasteiger partial charge is 0.398 e. The van der Waals surface area contributed by atoms with Gasteiger partial charge in [0.05, 0.1) is 5.69 Å². The Morgan fingerprint density at radius 1 is 1.10 bits per heavy atom. The lowest BCUT2D eigenvalue weighted by Crippen LogP contribution is -1.90. The van der Waals surface area contributed by atoms with E-state index in [1.165, 1.54) is 23.9 Å². The molecular formula is C16H13FN2OS. The Balaban J connectivity index is 1.70. The van der Waals surface area contributed by atoms with Crippen molar-refractivity contribution in [3.8, 4) is 11.3 Å². The lowest BCUT2D eigenvalue weighted by atomic mass is 10.2. The van der Waals surface area contributed by atoms with Crippen molar-refractivity contribution in [2.45, 2.75) is 10.6 Å². The van der Waals surface area contributed by atoms with E-state index in [1.54, 1.807) is 6.07 Å². The predicted molar refractivity (Wildman–Crippen MR) is 82.3 cm³/mol. The molecule has 0 aliphatic heterocycles. The van der Waals surface area contributed by atoms with Gasteiger partial charge in [-0.1, -0.05) is 35.5 Å². The number of halogens is 1. The molecule has 0 unspecified atom stereocenters. The van der Waals surface area contributed by atoms with Gasteiger partial charge in [-0.2, -0.15) is 0 Å². The molecule has 0 spiro atoms. The highest BCUT2D eigenvalue weighted by Crippen LogP contribution is 2.29. The minimum absolute atomic E-state index is 0.329. The van der Waals surface area contributed by atoms with Crippen molar-refractivity contribution in [3.63, 3.8) is 0 Å². The lowest BCUT2D eigenvalue weighted by molar-refractivity contribution is 0.426. The van der Waals surface area contributed by atoms with Gasteiger partial charge in [-0.25, -0.2) is 4.39 Å². The highest BCUT2D eigenvalue weighted by Gasteiger charge is 2.08. The molecule has 3 aromatic rings. The standard InChI is InChI=1S/C16H13FN2OS/c17-12-6-7-16(14(18)8-12)21-10-13-9-15(20-19-13)11-4-2-1-3-5-11/h1-9H,10,18H2. The Kier molecular flexibility index (Phi) is 3.92. The van der Waals surface area contributed by atoms with Crippen LogP contribution in [0.15, 0.2) is 64.0 Å². The first kappa shape index (κ1) is 13.7. The van der Waals surface area contributed by atoms with E-state index in [-0.39, 0.29) is 5.82 Å². The highest BCUT2D eigenvalue weighted by atomic mass is 32.2. The summed E-state index contributed by atoms with van der Waals surface area (Å²) in [5.74, 6) is 1.02. The molecule has 106 valence electrons. The van der Waals surface area contributed by atoms with Crippen molar-refractivity contribution in [3.05, 3.63) is 66.1 Å². The maximum absolute atomic E-state index is 13.0. The van der Waals surface area contributed by atoms with Crippen molar-refractivity contribution < 1.29 is 8.91 Å². The fourth-order valence-electron chi connectivity index (χ4n) is 1.92. The smallest absolute Gasteiger partial charge is 0.167 e. The molecule has 2 aromatic carbocycles. The summed E-state index contributed by atoms with van der Waals surface area (Å²) in [6.45, 7) is 0. The molecule has 1 heterocycles. The van der Waals surface area contributed by atoms with Gasteiger partial charge < -0.3 is 10.3 Å². The molecule has 0 saturated heterocycles. The zero-order valence-corrected chi connectivity index (χ0v) is 11.9. The molecule has 0 bridgehead atoms. The number of benzene rings is 2. The Labute approximate surface area is 126 Å². The summed E-state index contributed by atoms with van der Waals surface area (Å²) in [4.78, 5) is 0.834. The maximum atomic E-state index is 13.0. The Hall–Kier alpha value is -2.27. The number of anilines is 1. The monoisotopic (exact) mass is 300 g/mol. The van der Waals surface area contributed by atoms with E-state index in [1.807, 2.05) is 36.4 Å². The normalized spacial score (nSPS) is 10.7. The van der Waals surface area contributed by atoms with E-state index in [0.29, 0.717) is 11.4 Å². The van der Waals surface area contributed by atoms with Crippen molar-refractivity contribution in [2.75, 3.05) is 5.73 Å². The minimum Gasteiger partial charge on any atom is -0.398 e. The molecule has 0 atom stereocenters. The van der Waals surface area contributed by atoms with Crippen LogP contribution < -0.4 is 5.73 Å². The number of thioether (sulfide) groups is 1. The van der Waals surface area contributed by atoms with Crippen LogP contribution >= 0.6 is 11.8 Å². The number of nitrogens with zero attached hydrogens (tertiary/aromatic N) is 1. The summed E-state index contributed by atoms with van der Waals surface area (Å²) in [5.41, 5.74) is 8.02. The molecule has 0 aliphatic rings. The van der Waals surface area contributed by atoms with Gasteiger partial charge in [0, 0.05) is 28.0 Å². The zero-order valence-electron chi connectivity index (χ0n) is 11.1. The van der Waals surface area contributed by atoms with E-state index >= 15 is 0 Å². The second kappa shape index (κ2) is 6.01. The summed E-state index contributed by atoms with van der Waals surface area (Å²) in [6, 6.07) is 16.1. The minimum atomic E-state index is -0.329. The molecule has 0 radical (unpaired) electrons. The van der Waals surface area contributed by atoms with Gasteiger partial charge >= 0.3 is 0 Å². The van der Waals surface area contributed by atoms with E-state index in [2.05, 4.69) is 5.16 Å². The number of hydrogen-bond acceptors (Lipinski definition) is 4. The van der Waals surface area contributed by atoms with Crippen molar-refractivity contribution in [1.29, 1.82) is 0 Å². The van der Waals surface area contributed by atoms with Crippen LogP contribution in [0.5, 0.6) is 0 Å². The summed E-state index contributed by atoms with van der Waals surface area (Å²) >= 11 is 1.50. The van der Waals surface area contributed by atoms with E-state index in [4.69, 9.17) is 10.3 Å². The molecule has 3 nitrogen and oxygen atoms in total. The first-order valence-electron chi connectivity index (χ1n) is 6.41. The third-order valence-electron chi connectivity index (χ3n) is 2.96. The molecule has 2 N–H and O–H groups in total. The Morgan fingerprint density at radius 2 is 1.90 bits per heavy atom. The summed E-state index contributed by atoms with van der Waals surface area (Å²) in [6.07, 6.45) is 0. The van der Waals surface area contributed by atoms with Gasteiger partial charge in [0.1, 0.15) is 5.82 Å². The Bertz CT molecular complexity index is 743. The number of hydrogen-bond donors (Lipinski definition) is 1. The number of nitrogens with two attached hydrogens (primary N) is 1. The van der Waals surface area contributed by atoms with Crippen LogP contribution in [0, 0.1) is 5.82 Å². The molecule has 0 aliphatic carbocycles. The molecule has 0 amide bonds. The van der Waals surface area contributed by atoms with Gasteiger partial charge in [0.2, 0.25) is 0 Å². The van der Waals surface area contributed by atoms with Crippen LogP contribution in [0.1, 0.15) is 5.69 Å². The van der Waals surface area contributed by atoms with E-state index < -0.39 is 0 Å². The van der Waals surface area contributed by atoms with Gasteiger partial charge in [-0.3, -0.25) is 0 Å². The number of nitrogen functional groups attached to an aromatic ring is 1. The molecule has 0 saturated carbocycles. The summed E-state index contributed by atoms with van der Waals surface area (Å²) in [7, 11) is 0. The average molecular weight is 300 g/mol. The maximum Gasteiger partial charge on any atom is 0.167 e. The predicted octanol–water partition coefficient (Wildman–Crippen LogP) is 4.36. The van der Waals surface area contributed by atoms with Gasteiger partial charge in [0.25, 0.3) is 0 Å². The molecule has 21 heavy (non-hydrogen) atoms. The third kappa shape index (κ3) is 3.25. The van der Waals surface area contributed by atoms with Crippen LogP contribution in [-0.2, 0) is 5.75 Å². The fourth-order valence-corrected chi connectivity index (χ4v) is 2.75. The summed E-state index contributed by atoms with van der Waals surface area (Å²) < 4.78 is 18.3. The van der Waals surface area contributed by atoms with Gasteiger partial charge in [-0.15, -0.1) is 11.8 Å². The highest BCUT2D eigenvalue weighted by molar-refractivity contribution is 7.98. The quantitative estimate of drug-likeness (QED) is 0.574. The van der Waals surface area contributed by atoms with Crippen molar-refractivity contribution in [2.24, 2.45) is 0 Å². The Morgan fingerprint density at radius 3 is 2.67 bits per heavy atom. The van der Waals surface area contributed by atoms with Crippen LogP contribution in [0.2, 0.25) is 0 Å².